The lowest BCUT2D eigenvalue weighted by molar-refractivity contribution is -0.307. The Morgan fingerprint density at radius 1 is 1.21 bits per heavy atom. The fourth-order valence-electron chi connectivity index (χ4n) is 2.50. The average molecular weight is 419 g/mol. The van der Waals surface area contributed by atoms with Crippen LogP contribution in [0.4, 0.5) is 10.5 Å². The number of rotatable bonds is 6. The van der Waals surface area contributed by atoms with Crippen LogP contribution in [0.5, 0.6) is 11.5 Å². The second kappa shape index (κ2) is 8.37. The number of ether oxygens (including phenoxy) is 2. The Labute approximate surface area is 169 Å². The minimum Gasteiger partial charge on any atom is -0.546 e. The smallest absolute Gasteiger partial charge is 0.298 e. The third-order valence-corrected chi connectivity index (χ3v) is 4.88. The summed E-state index contributed by atoms with van der Waals surface area (Å²) in [4.78, 5) is 36.9. The molecule has 1 fully saturated rings. The number of anilines is 1. The first kappa shape index (κ1) is 19.8. The zero-order valence-corrected chi connectivity index (χ0v) is 16.1. The maximum Gasteiger partial charge on any atom is 0.298 e. The van der Waals surface area contributed by atoms with Crippen molar-refractivity contribution in [1.29, 1.82) is 0 Å². The molecule has 0 aromatic heterocycles. The molecule has 1 aliphatic rings. The highest BCUT2D eigenvalue weighted by atomic mass is 35.5. The Morgan fingerprint density at radius 3 is 2.64 bits per heavy atom. The number of imide groups is 1. The molecule has 0 saturated carbocycles. The van der Waals surface area contributed by atoms with Crippen LogP contribution in [0.3, 0.4) is 0 Å². The van der Waals surface area contributed by atoms with Crippen molar-refractivity contribution in [2.24, 2.45) is 0 Å². The van der Waals surface area contributed by atoms with Crippen LogP contribution in [0.2, 0.25) is 5.02 Å². The molecule has 2 aromatic rings. The fourth-order valence-corrected chi connectivity index (χ4v) is 3.58. The van der Waals surface area contributed by atoms with Crippen LogP contribution in [0.15, 0.2) is 47.4 Å². The van der Waals surface area contributed by atoms with Crippen molar-refractivity contribution in [3.8, 4) is 11.5 Å². The number of amides is 2. The Morgan fingerprint density at radius 2 is 1.96 bits per heavy atom. The number of para-hydroxylation sites is 2. The summed E-state index contributed by atoms with van der Waals surface area (Å²) in [5.41, 5.74) is 0.913. The number of aliphatic carboxylic acids is 1. The highest BCUT2D eigenvalue weighted by Crippen LogP contribution is 2.39. The minimum absolute atomic E-state index is 0.166. The summed E-state index contributed by atoms with van der Waals surface area (Å²) in [6.07, 6.45) is 1.52. The zero-order valence-electron chi connectivity index (χ0n) is 14.5. The molecule has 7 nitrogen and oxygen atoms in total. The van der Waals surface area contributed by atoms with Crippen molar-refractivity contribution in [2.75, 3.05) is 18.6 Å². The van der Waals surface area contributed by atoms with Crippen LogP contribution in [-0.2, 0) is 9.59 Å². The van der Waals surface area contributed by atoms with Crippen LogP contribution in [0.1, 0.15) is 5.56 Å². The molecule has 0 radical (unpaired) electrons. The van der Waals surface area contributed by atoms with E-state index in [4.69, 9.17) is 21.1 Å². The van der Waals surface area contributed by atoms with Gasteiger partial charge in [0.1, 0.15) is 18.1 Å². The van der Waals surface area contributed by atoms with E-state index in [1.54, 1.807) is 30.3 Å². The normalized spacial score (nSPS) is 15.2. The van der Waals surface area contributed by atoms with Gasteiger partial charge in [-0.1, -0.05) is 29.8 Å². The molecular formula is C19H13ClNO6S-. The maximum absolute atomic E-state index is 12.7. The molecule has 0 unspecified atom stereocenters. The molecule has 1 saturated heterocycles. The molecule has 0 spiro atoms. The molecular weight excluding hydrogens is 406 g/mol. The van der Waals surface area contributed by atoms with Crippen LogP contribution in [-0.4, -0.2) is 30.8 Å². The van der Waals surface area contributed by atoms with Crippen LogP contribution in [0, 0.1) is 0 Å². The molecule has 1 aliphatic heterocycles. The summed E-state index contributed by atoms with van der Waals surface area (Å²) in [5.74, 6) is -1.27. The van der Waals surface area contributed by atoms with Gasteiger partial charge in [-0.2, -0.15) is 0 Å². The van der Waals surface area contributed by atoms with Gasteiger partial charge >= 0.3 is 0 Å². The lowest BCUT2D eigenvalue weighted by Gasteiger charge is -2.15. The summed E-state index contributed by atoms with van der Waals surface area (Å²) in [7, 11) is 1.46. The van der Waals surface area contributed by atoms with E-state index in [-0.39, 0.29) is 15.7 Å². The number of thioether (sulfide) groups is 1. The topological polar surface area (TPSA) is 96.0 Å². The number of nitrogens with zero attached hydrogens (tertiary/aromatic N) is 1. The van der Waals surface area contributed by atoms with Crippen molar-refractivity contribution in [3.05, 3.63) is 58.0 Å². The second-order valence-corrected chi connectivity index (χ2v) is 6.94. The molecule has 0 atom stereocenters. The van der Waals surface area contributed by atoms with Crippen molar-refractivity contribution in [2.45, 2.75) is 0 Å². The van der Waals surface area contributed by atoms with Crippen molar-refractivity contribution >= 4 is 52.2 Å². The van der Waals surface area contributed by atoms with Gasteiger partial charge in [0, 0.05) is 0 Å². The Kier molecular flexibility index (Phi) is 5.91. The van der Waals surface area contributed by atoms with E-state index in [9.17, 15) is 19.5 Å². The molecule has 0 N–H and O–H groups in total. The molecule has 0 aliphatic carbocycles. The van der Waals surface area contributed by atoms with Gasteiger partial charge in [-0.15, -0.1) is 0 Å². The molecule has 1 heterocycles. The first-order valence-corrected chi connectivity index (χ1v) is 9.13. The number of benzene rings is 2. The molecule has 2 aromatic carbocycles. The van der Waals surface area contributed by atoms with Gasteiger partial charge in [-0.05, 0) is 47.7 Å². The summed E-state index contributed by atoms with van der Waals surface area (Å²) in [5, 5.41) is 10.2. The fraction of sp³-hybridized carbons (Fsp3) is 0.105. The van der Waals surface area contributed by atoms with E-state index in [0.717, 1.165) is 16.7 Å². The first-order chi connectivity index (χ1) is 13.4. The van der Waals surface area contributed by atoms with Gasteiger partial charge in [-0.25, -0.2) is 4.90 Å². The molecule has 28 heavy (non-hydrogen) atoms. The zero-order chi connectivity index (χ0) is 20.3. The van der Waals surface area contributed by atoms with E-state index in [1.807, 2.05) is 0 Å². The lowest BCUT2D eigenvalue weighted by Crippen LogP contribution is -2.29. The number of carbonyl (C=O) groups is 3. The predicted octanol–water partition coefficient (Wildman–Crippen LogP) is 2.72. The third-order valence-electron chi connectivity index (χ3n) is 3.72. The van der Waals surface area contributed by atoms with E-state index in [0.29, 0.717) is 17.0 Å². The molecule has 9 heteroatoms. The van der Waals surface area contributed by atoms with Gasteiger partial charge in [-0.3, -0.25) is 9.59 Å². The van der Waals surface area contributed by atoms with Crippen molar-refractivity contribution in [1.82, 2.24) is 0 Å². The maximum atomic E-state index is 12.7. The SMILES string of the molecule is COc1ccccc1N1C(=O)S/C(=C\c2ccc(OCC(=O)[O-])c(Cl)c2)C1=O. The van der Waals surface area contributed by atoms with Crippen LogP contribution >= 0.6 is 23.4 Å². The number of hydrogen-bond donors (Lipinski definition) is 0. The van der Waals surface area contributed by atoms with Gasteiger partial charge in [0.2, 0.25) is 0 Å². The summed E-state index contributed by atoms with van der Waals surface area (Å²) < 4.78 is 10.2. The number of hydrogen-bond acceptors (Lipinski definition) is 7. The first-order valence-electron chi connectivity index (χ1n) is 7.94. The van der Waals surface area contributed by atoms with E-state index in [2.05, 4.69) is 0 Å². The van der Waals surface area contributed by atoms with Gasteiger partial charge in [0.15, 0.2) is 0 Å². The summed E-state index contributed by atoms with van der Waals surface area (Å²) in [6.45, 7) is -0.628. The minimum atomic E-state index is -1.37. The van der Waals surface area contributed by atoms with Crippen molar-refractivity contribution < 1.29 is 29.0 Å². The standard InChI is InChI=1S/C19H14ClNO6S/c1-26-15-5-3-2-4-13(15)21-18(24)16(28-19(21)25)9-11-6-7-14(12(20)8-11)27-10-17(22)23/h2-9H,10H2,1H3,(H,22,23)/p-1/b16-9-. The van der Waals surface area contributed by atoms with E-state index < -0.39 is 23.7 Å². The van der Waals surface area contributed by atoms with Crippen molar-refractivity contribution in [3.63, 3.8) is 0 Å². The molecule has 2 amide bonds. The monoisotopic (exact) mass is 418 g/mol. The number of methoxy groups -OCH3 is 1. The Bertz CT molecular complexity index is 990. The molecule has 3 rings (SSSR count). The summed E-state index contributed by atoms with van der Waals surface area (Å²) in [6, 6.07) is 11.3. The van der Waals surface area contributed by atoms with Gasteiger partial charge in [0.25, 0.3) is 11.1 Å². The van der Waals surface area contributed by atoms with E-state index >= 15 is 0 Å². The number of halogens is 1. The molecule has 144 valence electrons. The number of carboxylic acid groups (broad SMARTS) is 1. The van der Waals surface area contributed by atoms with Crippen LogP contribution in [0.25, 0.3) is 6.08 Å². The lowest BCUT2D eigenvalue weighted by atomic mass is 10.2. The average Bonchev–Trinajstić information content (AvgIpc) is 2.94. The van der Waals surface area contributed by atoms with E-state index in [1.165, 1.54) is 25.3 Å². The van der Waals surface area contributed by atoms with Gasteiger partial charge < -0.3 is 19.4 Å². The Balaban J connectivity index is 1.86. The third kappa shape index (κ3) is 4.13. The highest BCUT2D eigenvalue weighted by Gasteiger charge is 2.37. The summed E-state index contributed by atoms with van der Waals surface area (Å²) >= 11 is 6.87. The van der Waals surface area contributed by atoms with Gasteiger partial charge in [0.05, 0.1) is 28.7 Å². The quantitative estimate of drug-likeness (QED) is 0.665. The Hall–Kier alpha value is -2.97. The largest absolute Gasteiger partial charge is 0.546 e. The predicted molar refractivity (Wildman–Crippen MR) is 103 cm³/mol. The number of carbonyl (C=O) groups excluding carboxylic acids is 3. The number of carboxylic acids is 1. The van der Waals surface area contributed by atoms with Crippen LogP contribution < -0.4 is 19.5 Å². The highest BCUT2D eigenvalue weighted by molar-refractivity contribution is 8.19. The second-order valence-electron chi connectivity index (χ2n) is 5.54. The molecule has 0 bridgehead atoms.